The third-order valence-electron chi connectivity index (χ3n) is 4.50. The van der Waals surface area contributed by atoms with Crippen molar-refractivity contribution in [2.45, 2.75) is 4.90 Å². The maximum Gasteiger partial charge on any atom is 0.327 e. The fraction of sp³-hybridized carbons (Fsp3) is 0.438. The van der Waals surface area contributed by atoms with E-state index in [0.717, 1.165) is 4.90 Å². The highest BCUT2D eigenvalue weighted by Gasteiger charge is 2.37. The Morgan fingerprint density at radius 2 is 1.65 bits per heavy atom. The Labute approximate surface area is 151 Å². The van der Waals surface area contributed by atoms with Gasteiger partial charge in [0.1, 0.15) is 13.1 Å². The molecule has 0 unspecified atom stereocenters. The number of sulfonamides is 1. The first kappa shape index (κ1) is 18.3. The van der Waals surface area contributed by atoms with Crippen LogP contribution < -0.4 is 0 Å². The molecule has 0 spiro atoms. The van der Waals surface area contributed by atoms with Gasteiger partial charge in [0.15, 0.2) is 0 Å². The minimum Gasteiger partial charge on any atom is -0.338 e. The molecule has 2 heterocycles. The molecule has 140 valence electrons. The van der Waals surface area contributed by atoms with Crippen molar-refractivity contribution in [1.29, 1.82) is 0 Å². The van der Waals surface area contributed by atoms with Crippen molar-refractivity contribution in [3.63, 3.8) is 0 Å². The van der Waals surface area contributed by atoms with Crippen molar-refractivity contribution in [2.75, 3.05) is 46.3 Å². The van der Waals surface area contributed by atoms with Crippen LogP contribution in [0.2, 0.25) is 0 Å². The van der Waals surface area contributed by atoms with Crippen LogP contribution in [-0.4, -0.2) is 91.6 Å². The van der Waals surface area contributed by atoms with Crippen LogP contribution >= 0.6 is 0 Å². The summed E-state index contributed by atoms with van der Waals surface area (Å²) < 4.78 is 26.5. The molecular formula is C16H20N4O5S. The molecule has 2 aliphatic heterocycles. The minimum absolute atomic E-state index is 0.0325. The molecule has 0 aliphatic carbocycles. The van der Waals surface area contributed by atoms with Gasteiger partial charge in [0.2, 0.25) is 15.9 Å². The summed E-state index contributed by atoms with van der Waals surface area (Å²) in [7, 11) is -2.09. The predicted octanol–water partition coefficient (Wildman–Crippen LogP) is -0.586. The summed E-state index contributed by atoms with van der Waals surface area (Å²) in [5, 5.41) is 0. The number of imide groups is 1. The number of hydrogen-bond donors (Lipinski definition) is 0. The fourth-order valence-electron chi connectivity index (χ4n) is 2.98. The Morgan fingerprint density at radius 3 is 2.19 bits per heavy atom. The van der Waals surface area contributed by atoms with Gasteiger partial charge in [0, 0.05) is 33.2 Å². The lowest BCUT2D eigenvalue weighted by molar-refractivity contribution is -0.137. The molecule has 10 heteroatoms. The summed E-state index contributed by atoms with van der Waals surface area (Å²) in [5.74, 6) is -0.769. The zero-order valence-electron chi connectivity index (χ0n) is 14.4. The first-order valence-corrected chi connectivity index (χ1v) is 9.63. The normalized spacial score (nSPS) is 19.3. The standard InChI is InChI=1S/C16H20N4O5S/c1-17-11-15(22)20(16(17)23)12-14(21)18-7-9-19(10-8-18)26(24,25)13-5-3-2-4-6-13/h2-6H,7-12H2,1H3. The highest BCUT2D eigenvalue weighted by atomic mass is 32.2. The third-order valence-corrected chi connectivity index (χ3v) is 6.41. The topological polar surface area (TPSA) is 98.3 Å². The van der Waals surface area contributed by atoms with Gasteiger partial charge in [-0.1, -0.05) is 18.2 Å². The molecule has 0 radical (unpaired) electrons. The summed E-state index contributed by atoms with van der Waals surface area (Å²) in [4.78, 5) is 39.9. The van der Waals surface area contributed by atoms with E-state index in [0.29, 0.717) is 0 Å². The van der Waals surface area contributed by atoms with Crippen LogP contribution in [0.3, 0.4) is 0 Å². The fourth-order valence-corrected chi connectivity index (χ4v) is 4.42. The monoisotopic (exact) mass is 380 g/mol. The summed E-state index contributed by atoms with van der Waals surface area (Å²) in [6.07, 6.45) is 0. The van der Waals surface area contributed by atoms with Crippen molar-refractivity contribution in [3.05, 3.63) is 30.3 Å². The van der Waals surface area contributed by atoms with E-state index in [2.05, 4.69) is 0 Å². The number of nitrogens with zero attached hydrogens (tertiary/aromatic N) is 4. The molecule has 9 nitrogen and oxygen atoms in total. The molecule has 0 N–H and O–H groups in total. The number of likely N-dealkylation sites (N-methyl/N-ethyl adjacent to an activating group) is 1. The number of urea groups is 1. The van der Waals surface area contributed by atoms with E-state index in [9.17, 15) is 22.8 Å². The van der Waals surface area contributed by atoms with Gasteiger partial charge >= 0.3 is 6.03 Å². The van der Waals surface area contributed by atoms with E-state index < -0.39 is 22.0 Å². The van der Waals surface area contributed by atoms with E-state index in [-0.39, 0.29) is 50.1 Å². The maximum absolute atomic E-state index is 12.6. The number of carbonyl (C=O) groups excluding carboxylic acids is 3. The molecule has 2 saturated heterocycles. The van der Waals surface area contributed by atoms with Crippen LogP contribution in [0.25, 0.3) is 0 Å². The van der Waals surface area contributed by atoms with Gasteiger partial charge in [-0.15, -0.1) is 0 Å². The van der Waals surface area contributed by atoms with E-state index in [1.807, 2.05) is 0 Å². The predicted molar refractivity (Wildman–Crippen MR) is 91.5 cm³/mol. The number of benzene rings is 1. The molecular weight excluding hydrogens is 360 g/mol. The Bertz CT molecular complexity index is 818. The second-order valence-corrected chi connectivity index (χ2v) is 8.15. The van der Waals surface area contributed by atoms with E-state index in [1.54, 1.807) is 18.2 Å². The summed E-state index contributed by atoms with van der Waals surface area (Å²) in [6, 6.07) is 7.64. The van der Waals surface area contributed by atoms with Crippen LogP contribution in [0.5, 0.6) is 0 Å². The van der Waals surface area contributed by atoms with Crippen LogP contribution in [-0.2, 0) is 19.6 Å². The Kier molecular flexibility index (Phi) is 4.97. The van der Waals surface area contributed by atoms with E-state index in [1.165, 1.54) is 33.3 Å². The lowest BCUT2D eigenvalue weighted by atomic mass is 10.3. The van der Waals surface area contributed by atoms with Crippen molar-refractivity contribution < 1.29 is 22.8 Å². The highest BCUT2D eigenvalue weighted by molar-refractivity contribution is 7.89. The SMILES string of the molecule is CN1CC(=O)N(CC(=O)N2CCN(S(=O)(=O)c3ccccc3)CC2)C1=O. The van der Waals surface area contributed by atoms with Crippen molar-refractivity contribution >= 4 is 27.9 Å². The van der Waals surface area contributed by atoms with Crippen LogP contribution in [0.15, 0.2) is 35.2 Å². The molecule has 26 heavy (non-hydrogen) atoms. The molecule has 1 aromatic rings. The zero-order chi connectivity index (χ0) is 18.9. The number of hydrogen-bond acceptors (Lipinski definition) is 5. The Balaban J connectivity index is 1.59. The van der Waals surface area contributed by atoms with Gasteiger partial charge in [-0.25, -0.2) is 13.2 Å². The van der Waals surface area contributed by atoms with Crippen molar-refractivity contribution in [2.24, 2.45) is 0 Å². The summed E-state index contributed by atoms with van der Waals surface area (Å²) >= 11 is 0. The molecule has 2 fully saturated rings. The Hall–Kier alpha value is -2.46. The second-order valence-electron chi connectivity index (χ2n) is 6.22. The minimum atomic E-state index is -3.59. The Morgan fingerprint density at radius 1 is 1.04 bits per heavy atom. The maximum atomic E-state index is 12.6. The van der Waals surface area contributed by atoms with Crippen molar-refractivity contribution in [3.8, 4) is 0 Å². The average molecular weight is 380 g/mol. The number of carbonyl (C=O) groups is 3. The van der Waals surface area contributed by atoms with Gasteiger partial charge in [-0.3, -0.25) is 14.5 Å². The quantitative estimate of drug-likeness (QED) is 0.651. The van der Waals surface area contributed by atoms with Crippen LogP contribution in [0.1, 0.15) is 0 Å². The summed E-state index contributed by atoms with van der Waals surface area (Å²) in [6.45, 7) is 0.437. The lowest BCUT2D eigenvalue weighted by Gasteiger charge is -2.34. The van der Waals surface area contributed by atoms with Crippen molar-refractivity contribution in [1.82, 2.24) is 19.0 Å². The molecule has 4 amide bonds. The molecule has 0 saturated carbocycles. The smallest absolute Gasteiger partial charge is 0.327 e. The molecule has 0 atom stereocenters. The van der Waals surface area contributed by atoms with Gasteiger partial charge in [0.05, 0.1) is 4.90 Å². The molecule has 2 aliphatic rings. The van der Waals surface area contributed by atoms with E-state index in [4.69, 9.17) is 0 Å². The largest absolute Gasteiger partial charge is 0.338 e. The summed E-state index contributed by atoms with van der Waals surface area (Å²) in [5.41, 5.74) is 0. The van der Waals surface area contributed by atoms with Crippen LogP contribution in [0.4, 0.5) is 4.79 Å². The molecule has 0 bridgehead atoms. The zero-order valence-corrected chi connectivity index (χ0v) is 15.2. The van der Waals surface area contributed by atoms with Gasteiger partial charge < -0.3 is 9.80 Å². The van der Waals surface area contributed by atoms with Gasteiger partial charge in [-0.05, 0) is 12.1 Å². The van der Waals surface area contributed by atoms with Crippen LogP contribution in [0, 0.1) is 0 Å². The first-order valence-electron chi connectivity index (χ1n) is 8.19. The average Bonchev–Trinajstić information content (AvgIpc) is 2.88. The van der Waals surface area contributed by atoms with Gasteiger partial charge in [0.25, 0.3) is 5.91 Å². The molecule has 1 aromatic carbocycles. The molecule has 0 aromatic heterocycles. The third kappa shape index (κ3) is 3.42. The second kappa shape index (κ2) is 7.04. The lowest BCUT2D eigenvalue weighted by Crippen LogP contribution is -2.53. The van der Waals surface area contributed by atoms with E-state index >= 15 is 0 Å². The number of rotatable bonds is 4. The number of piperazine rings is 1. The van der Waals surface area contributed by atoms with Gasteiger partial charge in [-0.2, -0.15) is 4.31 Å². The first-order chi connectivity index (χ1) is 12.3. The number of amides is 4. The highest BCUT2D eigenvalue weighted by Crippen LogP contribution is 2.17. The molecule has 3 rings (SSSR count).